The summed E-state index contributed by atoms with van der Waals surface area (Å²) < 4.78 is 5.72. The van der Waals surface area contributed by atoms with Crippen LogP contribution in [0.5, 0.6) is 5.75 Å². The molecular weight excluding hydrogens is 226 g/mol. The number of nitrogens with zero attached hydrogens (tertiary/aromatic N) is 2. The molecule has 2 atom stereocenters. The molecule has 2 unspecified atom stereocenters. The fraction of sp³-hybridized carbons (Fsp3) is 0.643. The number of nitrogens with one attached hydrogen (secondary N) is 1. The normalized spacial score (nSPS) is 26.7. The molecule has 0 amide bonds. The van der Waals surface area contributed by atoms with E-state index in [1.165, 1.54) is 12.1 Å². The number of pyridine rings is 1. The van der Waals surface area contributed by atoms with Crippen LogP contribution in [0.3, 0.4) is 0 Å². The topological polar surface area (TPSA) is 37.4 Å². The molecule has 0 aliphatic carbocycles. The summed E-state index contributed by atoms with van der Waals surface area (Å²) in [5, 5.41) is 3.50. The Balaban J connectivity index is 1.79. The summed E-state index contributed by atoms with van der Waals surface area (Å²) in [5.41, 5.74) is 1.20. The zero-order valence-electron chi connectivity index (χ0n) is 11.1. The van der Waals surface area contributed by atoms with E-state index in [1.54, 1.807) is 6.20 Å². The van der Waals surface area contributed by atoms with Crippen molar-refractivity contribution in [2.45, 2.75) is 32.4 Å². The summed E-state index contributed by atoms with van der Waals surface area (Å²) in [6.45, 7) is 7.47. The molecule has 98 valence electrons. The molecule has 0 radical (unpaired) electrons. The summed E-state index contributed by atoms with van der Waals surface area (Å²) in [6.07, 6.45) is 5.25. The van der Waals surface area contributed by atoms with Gasteiger partial charge in [-0.25, -0.2) is 0 Å². The van der Waals surface area contributed by atoms with Crippen molar-refractivity contribution in [2.24, 2.45) is 5.92 Å². The van der Waals surface area contributed by atoms with Crippen molar-refractivity contribution in [3.05, 3.63) is 18.5 Å². The predicted octanol–water partition coefficient (Wildman–Crippen LogP) is 1.67. The highest BCUT2D eigenvalue weighted by Gasteiger charge is 2.35. The fourth-order valence-electron chi connectivity index (χ4n) is 3.03. The van der Waals surface area contributed by atoms with Crippen LogP contribution in [-0.4, -0.2) is 36.8 Å². The number of aromatic nitrogens is 1. The van der Waals surface area contributed by atoms with Crippen molar-refractivity contribution in [1.82, 2.24) is 10.3 Å². The number of hydrogen-bond acceptors (Lipinski definition) is 4. The Bertz CT molecular complexity index is 421. The highest BCUT2D eigenvalue weighted by molar-refractivity contribution is 5.50. The number of piperidine rings is 1. The molecule has 1 N–H and O–H groups in total. The SMILES string of the molecule is CC(C)Oc1cncc(N2CC3CNCC2C3)c1. The Morgan fingerprint density at radius 3 is 3.06 bits per heavy atom. The van der Waals surface area contributed by atoms with E-state index in [1.807, 2.05) is 20.0 Å². The Morgan fingerprint density at radius 1 is 1.39 bits per heavy atom. The molecule has 2 bridgehead atoms. The van der Waals surface area contributed by atoms with Crippen LogP contribution in [-0.2, 0) is 0 Å². The number of fused-ring (bicyclic) bond motifs is 2. The van der Waals surface area contributed by atoms with E-state index in [2.05, 4.69) is 21.3 Å². The first kappa shape index (κ1) is 11.8. The van der Waals surface area contributed by atoms with Gasteiger partial charge in [-0.15, -0.1) is 0 Å². The van der Waals surface area contributed by atoms with Gasteiger partial charge >= 0.3 is 0 Å². The lowest BCUT2D eigenvalue weighted by molar-refractivity contribution is 0.241. The molecule has 2 aliphatic rings. The molecule has 1 aromatic heterocycles. The lowest BCUT2D eigenvalue weighted by atomic mass is 10.0. The monoisotopic (exact) mass is 247 g/mol. The second-order valence-corrected chi connectivity index (χ2v) is 5.61. The third-order valence-corrected chi connectivity index (χ3v) is 3.72. The van der Waals surface area contributed by atoms with Crippen molar-refractivity contribution < 1.29 is 4.74 Å². The maximum Gasteiger partial charge on any atom is 0.140 e. The first-order valence-corrected chi connectivity index (χ1v) is 6.81. The summed E-state index contributed by atoms with van der Waals surface area (Å²) in [7, 11) is 0. The third kappa shape index (κ3) is 2.29. The molecular formula is C14H21N3O. The highest BCUT2D eigenvalue weighted by Crippen LogP contribution is 2.32. The zero-order chi connectivity index (χ0) is 12.5. The Hall–Kier alpha value is -1.29. The maximum absolute atomic E-state index is 5.72. The second kappa shape index (κ2) is 4.76. The van der Waals surface area contributed by atoms with Crippen LogP contribution in [0.25, 0.3) is 0 Å². The summed E-state index contributed by atoms with van der Waals surface area (Å²) in [4.78, 5) is 6.79. The molecule has 2 saturated heterocycles. The Kier molecular flexibility index (Phi) is 3.12. The third-order valence-electron chi connectivity index (χ3n) is 3.72. The minimum Gasteiger partial charge on any atom is -0.489 e. The van der Waals surface area contributed by atoms with Gasteiger partial charge in [-0.2, -0.15) is 0 Å². The number of hydrogen-bond donors (Lipinski definition) is 1. The molecule has 0 spiro atoms. The molecule has 1 aromatic rings. The van der Waals surface area contributed by atoms with Crippen molar-refractivity contribution in [3.63, 3.8) is 0 Å². The van der Waals surface area contributed by atoms with E-state index >= 15 is 0 Å². The average Bonchev–Trinajstić information content (AvgIpc) is 2.64. The number of ether oxygens (including phenoxy) is 1. The molecule has 3 rings (SSSR count). The standard InChI is InChI=1S/C14H21N3O/c1-10(2)18-14-4-13(7-16-8-14)17-9-11-3-12(17)6-15-5-11/h4,7-8,10-12,15H,3,5-6,9H2,1-2H3. The van der Waals surface area contributed by atoms with E-state index < -0.39 is 0 Å². The van der Waals surface area contributed by atoms with E-state index in [4.69, 9.17) is 4.74 Å². The molecule has 2 aliphatic heterocycles. The van der Waals surface area contributed by atoms with Crippen molar-refractivity contribution >= 4 is 5.69 Å². The van der Waals surface area contributed by atoms with E-state index in [0.29, 0.717) is 6.04 Å². The van der Waals surface area contributed by atoms with Gasteiger partial charge in [-0.05, 0) is 32.7 Å². The second-order valence-electron chi connectivity index (χ2n) is 5.61. The van der Waals surface area contributed by atoms with E-state index in [-0.39, 0.29) is 6.10 Å². The van der Waals surface area contributed by atoms with Gasteiger partial charge < -0.3 is 15.0 Å². The molecule has 0 saturated carbocycles. The quantitative estimate of drug-likeness (QED) is 0.881. The summed E-state index contributed by atoms with van der Waals surface area (Å²) >= 11 is 0. The van der Waals surface area contributed by atoms with Crippen LogP contribution in [0.4, 0.5) is 5.69 Å². The smallest absolute Gasteiger partial charge is 0.140 e. The average molecular weight is 247 g/mol. The summed E-state index contributed by atoms with van der Waals surface area (Å²) in [6, 6.07) is 2.74. The van der Waals surface area contributed by atoms with Crippen molar-refractivity contribution in [2.75, 3.05) is 24.5 Å². The van der Waals surface area contributed by atoms with Crippen LogP contribution in [0.1, 0.15) is 20.3 Å². The van der Waals surface area contributed by atoms with Gasteiger partial charge in [0, 0.05) is 25.2 Å². The van der Waals surface area contributed by atoms with Crippen LogP contribution in [0.15, 0.2) is 18.5 Å². The molecule has 2 fully saturated rings. The minimum atomic E-state index is 0.196. The molecule has 0 aromatic carbocycles. The number of anilines is 1. The van der Waals surface area contributed by atoms with Crippen LogP contribution in [0, 0.1) is 5.92 Å². The Labute approximate surface area is 108 Å². The zero-order valence-corrected chi connectivity index (χ0v) is 11.1. The fourth-order valence-corrected chi connectivity index (χ4v) is 3.03. The number of rotatable bonds is 3. The largest absolute Gasteiger partial charge is 0.489 e. The van der Waals surface area contributed by atoms with Gasteiger partial charge in [0.2, 0.25) is 0 Å². The van der Waals surface area contributed by atoms with Gasteiger partial charge in [0.25, 0.3) is 0 Å². The lowest BCUT2D eigenvalue weighted by Gasteiger charge is -2.26. The van der Waals surface area contributed by atoms with Gasteiger partial charge in [0.15, 0.2) is 0 Å². The van der Waals surface area contributed by atoms with Crippen LogP contribution < -0.4 is 15.0 Å². The molecule has 4 heteroatoms. The maximum atomic E-state index is 5.72. The first-order chi connectivity index (χ1) is 8.72. The van der Waals surface area contributed by atoms with Crippen LogP contribution in [0.2, 0.25) is 0 Å². The lowest BCUT2D eigenvalue weighted by Crippen LogP contribution is -2.39. The van der Waals surface area contributed by atoms with Gasteiger partial charge in [0.1, 0.15) is 5.75 Å². The predicted molar refractivity (Wildman–Crippen MR) is 72.1 cm³/mol. The summed E-state index contributed by atoms with van der Waals surface area (Å²) in [5.74, 6) is 1.66. The Morgan fingerprint density at radius 2 is 2.28 bits per heavy atom. The minimum absolute atomic E-state index is 0.196. The molecule has 18 heavy (non-hydrogen) atoms. The van der Waals surface area contributed by atoms with E-state index in [0.717, 1.165) is 31.3 Å². The first-order valence-electron chi connectivity index (χ1n) is 6.81. The van der Waals surface area contributed by atoms with Crippen molar-refractivity contribution in [1.29, 1.82) is 0 Å². The molecule has 4 nitrogen and oxygen atoms in total. The molecule has 3 heterocycles. The van der Waals surface area contributed by atoms with Crippen molar-refractivity contribution in [3.8, 4) is 5.75 Å². The van der Waals surface area contributed by atoms with Gasteiger partial charge in [-0.1, -0.05) is 0 Å². The van der Waals surface area contributed by atoms with Gasteiger partial charge in [-0.3, -0.25) is 4.98 Å². The highest BCUT2D eigenvalue weighted by atomic mass is 16.5. The van der Waals surface area contributed by atoms with Crippen LogP contribution >= 0.6 is 0 Å². The van der Waals surface area contributed by atoms with E-state index in [9.17, 15) is 0 Å². The van der Waals surface area contributed by atoms with Gasteiger partial charge in [0.05, 0.1) is 24.2 Å².